The summed E-state index contributed by atoms with van der Waals surface area (Å²) in [5.74, 6) is 0.267. The first-order chi connectivity index (χ1) is 12.2. The minimum Gasteiger partial charge on any atom is -0.497 e. The van der Waals surface area contributed by atoms with Crippen LogP contribution in [0.25, 0.3) is 0 Å². The third-order valence-electron chi connectivity index (χ3n) is 4.04. The van der Waals surface area contributed by atoms with E-state index in [0.717, 1.165) is 5.56 Å². The van der Waals surface area contributed by atoms with Gasteiger partial charge in [0.1, 0.15) is 10.6 Å². The second-order valence-corrected chi connectivity index (χ2v) is 7.69. The van der Waals surface area contributed by atoms with Crippen molar-refractivity contribution in [1.82, 2.24) is 19.8 Å². The molecule has 0 saturated heterocycles. The van der Waals surface area contributed by atoms with Gasteiger partial charge in [-0.2, -0.15) is 9.82 Å². The summed E-state index contributed by atoms with van der Waals surface area (Å²) < 4.78 is 34.2. The summed E-state index contributed by atoms with van der Waals surface area (Å²) in [6, 6.07) is 6.35. The number of nitrogens with one attached hydrogen (secondary N) is 2. The molecule has 2 rings (SSSR count). The monoisotopic (exact) mass is 380 g/mol. The number of nitrogens with zero attached hydrogens (tertiary/aromatic N) is 2. The van der Waals surface area contributed by atoms with Crippen LogP contribution in [0.3, 0.4) is 0 Å². The van der Waals surface area contributed by atoms with Gasteiger partial charge < -0.3 is 10.1 Å². The molecule has 142 valence electrons. The molecular weight excluding hydrogens is 356 g/mol. The molecule has 1 aromatic carbocycles. The van der Waals surface area contributed by atoms with Crippen molar-refractivity contribution in [2.75, 3.05) is 7.11 Å². The minimum absolute atomic E-state index is 0.104. The van der Waals surface area contributed by atoms with Gasteiger partial charge in [-0.05, 0) is 38.5 Å². The molecule has 2 aromatic rings. The third-order valence-corrected chi connectivity index (χ3v) is 5.83. The number of sulfonamides is 1. The summed E-state index contributed by atoms with van der Waals surface area (Å²) in [4.78, 5) is 12.4. The highest BCUT2D eigenvalue weighted by Gasteiger charge is 2.27. The molecule has 1 unspecified atom stereocenters. The lowest BCUT2D eigenvalue weighted by molar-refractivity contribution is -0.122. The Morgan fingerprint density at radius 2 is 2.04 bits per heavy atom. The summed E-state index contributed by atoms with van der Waals surface area (Å²) >= 11 is 0. The maximum Gasteiger partial charge on any atom is 0.244 e. The zero-order valence-electron chi connectivity index (χ0n) is 15.5. The molecular formula is C17H24N4O4S. The number of rotatable bonds is 7. The molecule has 0 fully saturated rings. The van der Waals surface area contributed by atoms with E-state index in [9.17, 15) is 13.2 Å². The van der Waals surface area contributed by atoms with Gasteiger partial charge in [-0.1, -0.05) is 12.1 Å². The number of carbonyl (C=O) groups excluding carboxylic acids is 1. The molecule has 8 nitrogen and oxygen atoms in total. The van der Waals surface area contributed by atoms with E-state index in [1.54, 1.807) is 40.1 Å². The molecule has 1 atom stereocenters. The molecule has 0 aliphatic heterocycles. The third kappa shape index (κ3) is 4.41. The van der Waals surface area contributed by atoms with Gasteiger partial charge in [-0.3, -0.25) is 9.48 Å². The van der Waals surface area contributed by atoms with E-state index in [1.165, 1.54) is 11.6 Å². The maximum atomic E-state index is 12.6. The molecule has 0 aliphatic carbocycles. The van der Waals surface area contributed by atoms with E-state index in [2.05, 4.69) is 15.1 Å². The van der Waals surface area contributed by atoms with E-state index in [0.29, 0.717) is 17.1 Å². The number of amides is 1. The number of hydrogen-bond donors (Lipinski definition) is 2. The van der Waals surface area contributed by atoms with Crippen LogP contribution in [0.15, 0.2) is 29.2 Å². The Balaban J connectivity index is 2.04. The number of carbonyl (C=O) groups is 1. The Morgan fingerprint density at radius 1 is 1.35 bits per heavy atom. The standard InChI is InChI=1S/C17H24N4O4S/c1-11-16(13(3)21(4)19-11)26(23,24)20-12(2)17(22)18-10-14-7-6-8-15(9-14)25-5/h6-9,12,20H,10H2,1-5H3,(H,18,22). The number of aromatic nitrogens is 2. The van der Waals surface area contributed by atoms with Crippen molar-refractivity contribution in [2.24, 2.45) is 7.05 Å². The topological polar surface area (TPSA) is 102 Å². The van der Waals surface area contributed by atoms with Crippen LogP contribution in [0.1, 0.15) is 23.9 Å². The smallest absolute Gasteiger partial charge is 0.244 e. The lowest BCUT2D eigenvalue weighted by atomic mass is 10.2. The Kier molecular flexibility index (Phi) is 6.04. The van der Waals surface area contributed by atoms with E-state index in [-0.39, 0.29) is 11.4 Å². The number of benzene rings is 1. The van der Waals surface area contributed by atoms with Crippen LogP contribution in [0.4, 0.5) is 0 Å². The Hall–Kier alpha value is -2.39. The maximum absolute atomic E-state index is 12.6. The average molecular weight is 380 g/mol. The SMILES string of the molecule is COc1cccc(CNC(=O)C(C)NS(=O)(=O)c2c(C)nn(C)c2C)c1. The van der Waals surface area contributed by atoms with E-state index in [1.807, 2.05) is 12.1 Å². The second kappa shape index (κ2) is 7.88. The molecule has 0 radical (unpaired) electrons. The van der Waals surface area contributed by atoms with Gasteiger partial charge in [-0.15, -0.1) is 0 Å². The number of ether oxygens (including phenoxy) is 1. The normalized spacial score (nSPS) is 12.7. The van der Waals surface area contributed by atoms with Crippen LogP contribution in [0, 0.1) is 13.8 Å². The van der Waals surface area contributed by atoms with Gasteiger partial charge >= 0.3 is 0 Å². The van der Waals surface area contributed by atoms with Crippen molar-refractivity contribution in [2.45, 2.75) is 38.3 Å². The molecule has 1 amide bonds. The molecule has 0 saturated carbocycles. The van der Waals surface area contributed by atoms with Gasteiger partial charge in [0.25, 0.3) is 0 Å². The molecule has 2 N–H and O–H groups in total. The fraction of sp³-hybridized carbons (Fsp3) is 0.412. The van der Waals surface area contributed by atoms with E-state index in [4.69, 9.17) is 4.74 Å². The largest absolute Gasteiger partial charge is 0.497 e. The second-order valence-electron chi connectivity index (χ2n) is 6.04. The first kappa shape index (κ1) is 19.9. The molecule has 9 heteroatoms. The zero-order valence-corrected chi connectivity index (χ0v) is 16.3. The highest BCUT2D eigenvalue weighted by Crippen LogP contribution is 2.18. The van der Waals surface area contributed by atoms with Crippen LogP contribution < -0.4 is 14.8 Å². The number of hydrogen-bond acceptors (Lipinski definition) is 5. The van der Waals surface area contributed by atoms with Gasteiger partial charge in [-0.25, -0.2) is 8.42 Å². The number of methoxy groups -OCH3 is 1. The summed E-state index contributed by atoms with van der Waals surface area (Å²) in [7, 11) is -0.614. The summed E-state index contributed by atoms with van der Waals surface area (Å²) in [6.45, 7) is 5.06. The summed E-state index contributed by atoms with van der Waals surface area (Å²) in [5.41, 5.74) is 1.76. The summed E-state index contributed by atoms with van der Waals surface area (Å²) in [6.07, 6.45) is 0. The van der Waals surface area contributed by atoms with Gasteiger partial charge in [0.15, 0.2) is 0 Å². The fourth-order valence-corrected chi connectivity index (χ4v) is 4.25. The predicted molar refractivity (Wildman–Crippen MR) is 97.3 cm³/mol. The van der Waals surface area contributed by atoms with Crippen molar-refractivity contribution < 1.29 is 17.9 Å². The minimum atomic E-state index is -3.85. The van der Waals surface area contributed by atoms with Crippen molar-refractivity contribution in [3.05, 3.63) is 41.2 Å². The van der Waals surface area contributed by atoms with Gasteiger partial charge in [0.05, 0.1) is 24.5 Å². The first-order valence-corrected chi connectivity index (χ1v) is 9.57. The molecule has 0 spiro atoms. The first-order valence-electron chi connectivity index (χ1n) is 8.09. The lowest BCUT2D eigenvalue weighted by Gasteiger charge is -2.15. The highest BCUT2D eigenvalue weighted by atomic mass is 32.2. The van der Waals surface area contributed by atoms with Crippen LogP contribution in [0.5, 0.6) is 5.75 Å². The van der Waals surface area contributed by atoms with Crippen LogP contribution >= 0.6 is 0 Å². The van der Waals surface area contributed by atoms with Crippen molar-refractivity contribution >= 4 is 15.9 Å². The van der Waals surface area contributed by atoms with Crippen LogP contribution in [-0.2, 0) is 28.4 Å². The lowest BCUT2D eigenvalue weighted by Crippen LogP contribution is -2.44. The summed E-state index contributed by atoms with van der Waals surface area (Å²) in [5, 5.41) is 6.82. The Bertz CT molecular complexity index is 905. The Labute approximate surface area is 153 Å². The van der Waals surface area contributed by atoms with E-state index >= 15 is 0 Å². The highest BCUT2D eigenvalue weighted by molar-refractivity contribution is 7.89. The molecule has 26 heavy (non-hydrogen) atoms. The van der Waals surface area contributed by atoms with Crippen LogP contribution in [0.2, 0.25) is 0 Å². The van der Waals surface area contributed by atoms with Crippen molar-refractivity contribution in [3.63, 3.8) is 0 Å². The average Bonchev–Trinajstić information content (AvgIpc) is 2.85. The predicted octanol–water partition coefficient (Wildman–Crippen LogP) is 1.03. The van der Waals surface area contributed by atoms with Crippen molar-refractivity contribution in [3.8, 4) is 5.75 Å². The van der Waals surface area contributed by atoms with Crippen LogP contribution in [-0.4, -0.2) is 37.3 Å². The van der Waals surface area contributed by atoms with Gasteiger partial charge in [0.2, 0.25) is 15.9 Å². The number of aryl methyl sites for hydroxylation is 2. The molecule has 1 heterocycles. The van der Waals surface area contributed by atoms with Crippen molar-refractivity contribution in [1.29, 1.82) is 0 Å². The van der Waals surface area contributed by atoms with Gasteiger partial charge in [0, 0.05) is 13.6 Å². The van der Waals surface area contributed by atoms with E-state index < -0.39 is 22.0 Å². The Morgan fingerprint density at radius 3 is 2.62 bits per heavy atom. The molecule has 0 bridgehead atoms. The quantitative estimate of drug-likeness (QED) is 0.747. The molecule has 1 aromatic heterocycles. The fourth-order valence-electron chi connectivity index (χ4n) is 2.61. The zero-order chi connectivity index (χ0) is 19.5. The molecule has 0 aliphatic rings.